The van der Waals surface area contributed by atoms with E-state index in [2.05, 4.69) is 20.1 Å². The number of sulfonamides is 1. The summed E-state index contributed by atoms with van der Waals surface area (Å²) in [5.41, 5.74) is 9.41. The zero-order valence-corrected chi connectivity index (χ0v) is 21.2. The smallest absolute Gasteiger partial charge is 0.305 e. The van der Waals surface area contributed by atoms with Crippen LogP contribution in [-0.2, 0) is 19.6 Å². The van der Waals surface area contributed by atoms with Crippen molar-refractivity contribution >= 4 is 38.4 Å². The van der Waals surface area contributed by atoms with Gasteiger partial charge in [-0.2, -0.15) is 0 Å². The maximum absolute atomic E-state index is 13.2. The predicted molar refractivity (Wildman–Crippen MR) is 137 cm³/mol. The monoisotopic (exact) mass is 516 g/mol. The number of amides is 1. The summed E-state index contributed by atoms with van der Waals surface area (Å²) in [6, 6.07) is 10.1. The summed E-state index contributed by atoms with van der Waals surface area (Å²) in [6.45, 7) is 0.148. The van der Waals surface area contributed by atoms with Crippen LogP contribution in [0.25, 0.3) is 21.2 Å². The molecule has 1 atom stereocenters. The Labute approximate surface area is 210 Å². The molecule has 11 nitrogen and oxygen atoms in total. The van der Waals surface area contributed by atoms with Gasteiger partial charge >= 0.3 is 5.97 Å². The number of benzene rings is 2. The molecule has 0 saturated heterocycles. The highest BCUT2D eigenvalue weighted by atomic mass is 32.2. The van der Waals surface area contributed by atoms with Gasteiger partial charge in [0.25, 0.3) is 0 Å². The number of nitrogens with zero attached hydrogens (tertiary/aromatic N) is 4. The van der Waals surface area contributed by atoms with Crippen molar-refractivity contribution in [1.29, 1.82) is 0 Å². The lowest BCUT2D eigenvalue weighted by molar-refractivity contribution is -0.137. The second-order valence-corrected chi connectivity index (χ2v) is 11.0. The summed E-state index contributed by atoms with van der Waals surface area (Å²) in [5.74, 6) is -1.55. The van der Waals surface area contributed by atoms with Gasteiger partial charge in [0.1, 0.15) is 0 Å². The summed E-state index contributed by atoms with van der Waals surface area (Å²) < 4.78 is 29.1. The minimum atomic E-state index is -3.74. The number of carbonyl (C=O) groups excluding carboxylic acids is 1. The second-order valence-electron chi connectivity index (χ2n) is 9.31. The van der Waals surface area contributed by atoms with E-state index in [4.69, 9.17) is 10.6 Å². The lowest BCUT2D eigenvalue weighted by Gasteiger charge is -2.29. The topological polar surface area (TPSA) is 165 Å². The molecule has 0 radical (unpaired) electrons. The quantitative estimate of drug-likeness (QED) is 0.236. The number of hydrogen-bond donors (Lipinski definition) is 3. The molecule has 36 heavy (non-hydrogen) atoms. The number of aliphatic carboxylic acids is 1. The van der Waals surface area contributed by atoms with Crippen LogP contribution in [0.5, 0.6) is 0 Å². The van der Waals surface area contributed by atoms with Gasteiger partial charge in [-0.3, -0.25) is 9.59 Å². The first-order valence-electron chi connectivity index (χ1n) is 11.8. The first kappa shape index (κ1) is 27.3. The fourth-order valence-electron chi connectivity index (χ4n) is 4.65. The Morgan fingerprint density at radius 1 is 1.14 bits per heavy atom. The van der Waals surface area contributed by atoms with Crippen LogP contribution in [0.1, 0.15) is 32.1 Å². The number of carboxylic acids is 1. The van der Waals surface area contributed by atoms with Crippen molar-refractivity contribution in [3.8, 4) is 0 Å². The summed E-state index contributed by atoms with van der Waals surface area (Å²) >= 11 is 0. The molecule has 1 amide bonds. The van der Waals surface area contributed by atoms with E-state index >= 15 is 0 Å². The Morgan fingerprint density at radius 3 is 2.44 bits per heavy atom. The molecule has 0 bridgehead atoms. The van der Waals surface area contributed by atoms with E-state index < -0.39 is 22.0 Å². The van der Waals surface area contributed by atoms with E-state index in [0.717, 1.165) is 11.1 Å². The van der Waals surface area contributed by atoms with Crippen LogP contribution in [-0.4, -0.2) is 58.6 Å². The molecule has 0 aliphatic heterocycles. The third-order valence-corrected chi connectivity index (χ3v) is 8.02. The van der Waals surface area contributed by atoms with Gasteiger partial charge < -0.3 is 15.3 Å². The van der Waals surface area contributed by atoms with E-state index in [1.807, 2.05) is 37.2 Å². The molecule has 0 spiro atoms. The maximum atomic E-state index is 13.2. The number of hydrogen-bond acceptors (Lipinski definition) is 6. The van der Waals surface area contributed by atoms with Crippen LogP contribution in [0, 0.1) is 11.8 Å². The molecule has 12 heteroatoms. The molecule has 2 aromatic carbocycles. The molecule has 3 rings (SSSR count). The van der Waals surface area contributed by atoms with Crippen LogP contribution in [0.2, 0.25) is 0 Å². The van der Waals surface area contributed by atoms with Crippen LogP contribution < -0.4 is 14.9 Å². The van der Waals surface area contributed by atoms with Crippen LogP contribution in [0.3, 0.4) is 0 Å². The number of nitrogens with one attached hydrogen (secondary N) is 2. The molecule has 3 N–H and O–H groups in total. The van der Waals surface area contributed by atoms with E-state index in [0.29, 0.717) is 31.1 Å². The highest BCUT2D eigenvalue weighted by Gasteiger charge is 2.29. The van der Waals surface area contributed by atoms with Crippen LogP contribution in [0.4, 0.5) is 5.69 Å². The van der Waals surface area contributed by atoms with Crippen LogP contribution >= 0.6 is 0 Å². The average Bonchev–Trinajstić information content (AvgIpc) is 2.85. The van der Waals surface area contributed by atoms with Crippen molar-refractivity contribution in [2.45, 2.75) is 43.0 Å². The standard InChI is InChI=1S/C24H32N6O5S/c1-30(2)21-7-3-6-20-19(21)5-4-8-22(20)36(34,35)27-14-16-9-11-17(12-10-16)24(33)28-18(13-23(31)32)15-26-29-25/h3-8,16-18,27H,9-15H2,1-2H3,(H,28,33)(H,31,32)/t16?,17?,18-/m0/s1. The van der Waals surface area contributed by atoms with Gasteiger partial charge in [0.05, 0.1) is 11.3 Å². The summed E-state index contributed by atoms with van der Waals surface area (Å²) in [6.07, 6.45) is 2.15. The number of anilines is 1. The molecule has 1 saturated carbocycles. The second kappa shape index (κ2) is 12.1. The minimum Gasteiger partial charge on any atom is -0.481 e. The third kappa shape index (κ3) is 6.87. The largest absolute Gasteiger partial charge is 0.481 e. The zero-order chi connectivity index (χ0) is 26.3. The third-order valence-electron chi connectivity index (χ3n) is 6.54. The predicted octanol–water partition coefficient (Wildman–Crippen LogP) is 3.26. The number of carbonyl (C=O) groups is 2. The van der Waals surface area contributed by atoms with E-state index in [1.165, 1.54) is 0 Å². The molecular weight excluding hydrogens is 484 g/mol. The Balaban J connectivity index is 1.59. The van der Waals surface area contributed by atoms with Crippen molar-refractivity contribution in [1.82, 2.24) is 10.0 Å². The fraction of sp³-hybridized carbons (Fsp3) is 0.500. The van der Waals surface area contributed by atoms with Gasteiger partial charge in [-0.15, -0.1) is 0 Å². The number of fused-ring (bicyclic) bond motifs is 1. The highest BCUT2D eigenvalue weighted by Crippen LogP contribution is 2.31. The molecule has 0 heterocycles. The molecular formula is C24H32N6O5S. The molecule has 1 aliphatic carbocycles. The average molecular weight is 517 g/mol. The molecule has 0 unspecified atom stereocenters. The van der Waals surface area contributed by atoms with Gasteiger partial charge in [0.2, 0.25) is 15.9 Å². The molecule has 194 valence electrons. The number of carboxylic acid groups (broad SMARTS) is 1. The SMILES string of the molecule is CN(C)c1cccc2c(S(=O)(=O)NCC3CCC(C(=O)N[C@H](CN=[N+]=[N-])CC(=O)O)CC3)cccc12. The van der Waals surface area contributed by atoms with Gasteiger partial charge in [-0.25, -0.2) is 13.1 Å². The highest BCUT2D eigenvalue weighted by molar-refractivity contribution is 7.89. The van der Waals surface area contributed by atoms with Crippen molar-refractivity contribution in [2.75, 3.05) is 32.1 Å². The summed E-state index contributed by atoms with van der Waals surface area (Å²) in [5, 5.41) is 16.6. The Morgan fingerprint density at radius 2 is 1.81 bits per heavy atom. The van der Waals surface area contributed by atoms with E-state index in [1.54, 1.807) is 18.2 Å². The van der Waals surface area contributed by atoms with Gasteiger partial charge in [0.15, 0.2) is 0 Å². The molecule has 2 aromatic rings. The van der Waals surface area contributed by atoms with Gasteiger partial charge in [0, 0.05) is 60.5 Å². The Kier molecular flexibility index (Phi) is 9.14. The molecule has 0 aromatic heterocycles. The van der Waals surface area contributed by atoms with E-state index in [9.17, 15) is 18.0 Å². The zero-order valence-electron chi connectivity index (χ0n) is 20.4. The van der Waals surface area contributed by atoms with Crippen molar-refractivity contribution in [3.05, 3.63) is 46.8 Å². The lowest BCUT2D eigenvalue weighted by Crippen LogP contribution is -2.43. The first-order chi connectivity index (χ1) is 17.1. The lowest BCUT2D eigenvalue weighted by atomic mass is 9.81. The first-order valence-corrected chi connectivity index (χ1v) is 13.3. The van der Waals surface area contributed by atoms with Crippen LogP contribution in [0.15, 0.2) is 46.4 Å². The number of azide groups is 1. The molecule has 1 fully saturated rings. The van der Waals surface area contributed by atoms with Gasteiger partial charge in [-0.1, -0.05) is 29.4 Å². The number of rotatable bonds is 11. The van der Waals surface area contributed by atoms with Crippen molar-refractivity contribution in [2.24, 2.45) is 17.0 Å². The summed E-state index contributed by atoms with van der Waals surface area (Å²) in [4.78, 5) is 28.4. The fourth-order valence-corrected chi connectivity index (χ4v) is 5.98. The van der Waals surface area contributed by atoms with E-state index in [-0.39, 0.29) is 42.1 Å². The van der Waals surface area contributed by atoms with Crippen molar-refractivity contribution in [3.63, 3.8) is 0 Å². The normalized spacial score (nSPS) is 18.7. The minimum absolute atomic E-state index is 0.0918. The van der Waals surface area contributed by atoms with Gasteiger partial charge in [-0.05, 0) is 49.3 Å². The van der Waals surface area contributed by atoms with Crippen molar-refractivity contribution < 1.29 is 23.1 Å². The Hall–Kier alpha value is -3.34. The maximum Gasteiger partial charge on any atom is 0.305 e. The Bertz CT molecular complexity index is 1250. The summed E-state index contributed by atoms with van der Waals surface area (Å²) in [7, 11) is 0.0901. The molecule has 1 aliphatic rings.